The van der Waals surface area contributed by atoms with Crippen LogP contribution in [0.5, 0.6) is 0 Å². The Morgan fingerprint density at radius 1 is 0.900 bits per heavy atom. The molecule has 0 saturated carbocycles. The molecule has 0 heterocycles. The van der Waals surface area contributed by atoms with E-state index in [4.69, 9.17) is 9.47 Å². The van der Waals surface area contributed by atoms with Gasteiger partial charge in [0, 0.05) is 6.42 Å². The molecule has 3 aromatic rings. The van der Waals surface area contributed by atoms with E-state index in [1.165, 1.54) is 7.11 Å². The Morgan fingerprint density at radius 2 is 1.60 bits per heavy atom. The molecule has 0 fully saturated rings. The molecule has 0 unspecified atom stereocenters. The molecule has 1 atom stereocenters. The van der Waals surface area contributed by atoms with Crippen molar-refractivity contribution in [2.24, 2.45) is 0 Å². The zero-order valence-electron chi connectivity index (χ0n) is 16.7. The number of esters is 2. The predicted molar refractivity (Wildman–Crippen MR) is 113 cm³/mol. The zero-order valence-corrected chi connectivity index (χ0v) is 16.7. The van der Waals surface area contributed by atoms with Gasteiger partial charge in [-0.3, -0.25) is 9.59 Å². The Kier molecular flexibility index (Phi) is 7.16. The molecule has 0 bridgehead atoms. The van der Waals surface area contributed by atoms with Crippen molar-refractivity contribution >= 4 is 28.6 Å². The molecule has 6 heteroatoms. The second-order valence-corrected chi connectivity index (χ2v) is 6.81. The van der Waals surface area contributed by atoms with Crippen LogP contribution in [0.4, 0.5) is 0 Å². The lowest BCUT2D eigenvalue weighted by molar-refractivity contribution is -0.149. The van der Waals surface area contributed by atoms with Gasteiger partial charge in [0.1, 0.15) is 6.04 Å². The molecule has 0 saturated heterocycles. The minimum atomic E-state index is -0.860. The third-order valence-corrected chi connectivity index (χ3v) is 4.68. The van der Waals surface area contributed by atoms with E-state index in [-0.39, 0.29) is 12.8 Å². The standard InChI is InChI=1S/C24H23NO5/c1-29-24(28)21(14-17-8-3-2-4-9-17)25-22(26)16-30-23(27)15-19-12-7-11-18-10-5-6-13-20(18)19/h2-13,21H,14-16H2,1H3,(H,25,26)/t21-/m1/s1. The fraction of sp³-hybridized carbons (Fsp3) is 0.208. The fourth-order valence-corrected chi connectivity index (χ4v) is 3.22. The van der Waals surface area contributed by atoms with Crippen molar-refractivity contribution in [2.45, 2.75) is 18.9 Å². The maximum Gasteiger partial charge on any atom is 0.328 e. The van der Waals surface area contributed by atoms with Gasteiger partial charge in [-0.15, -0.1) is 0 Å². The minimum absolute atomic E-state index is 0.0546. The van der Waals surface area contributed by atoms with Gasteiger partial charge in [-0.25, -0.2) is 4.79 Å². The van der Waals surface area contributed by atoms with Crippen LogP contribution in [-0.4, -0.2) is 37.6 Å². The van der Waals surface area contributed by atoms with Gasteiger partial charge in [0.15, 0.2) is 6.61 Å². The summed E-state index contributed by atoms with van der Waals surface area (Å²) in [6.45, 7) is -0.466. The number of methoxy groups -OCH3 is 1. The molecular weight excluding hydrogens is 382 g/mol. The van der Waals surface area contributed by atoms with Crippen LogP contribution in [0.15, 0.2) is 72.8 Å². The van der Waals surface area contributed by atoms with Gasteiger partial charge >= 0.3 is 11.9 Å². The summed E-state index contributed by atoms with van der Waals surface area (Å²) in [6.07, 6.45) is 0.336. The minimum Gasteiger partial charge on any atom is -0.467 e. The molecule has 6 nitrogen and oxygen atoms in total. The van der Waals surface area contributed by atoms with Gasteiger partial charge < -0.3 is 14.8 Å². The third kappa shape index (κ3) is 5.67. The van der Waals surface area contributed by atoms with E-state index in [1.54, 1.807) is 0 Å². The van der Waals surface area contributed by atoms with Gasteiger partial charge in [-0.2, -0.15) is 0 Å². The maximum absolute atomic E-state index is 12.2. The number of carbonyl (C=O) groups excluding carboxylic acids is 3. The van der Waals surface area contributed by atoms with Crippen LogP contribution in [-0.2, 0) is 36.7 Å². The first-order valence-electron chi connectivity index (χ1n) is 9.60. The number of nitrogens with one attached hydrogen (secondary N) is 1. The molecule has 0 aliphatic heterocycles. The summed E-state index contributed by atoms with van der Waals surface area (Å²) in [5.74, 6) is -1.64. The molecule has 0 aliphatic rings. The van der Waals surface area contributed by atoms with Crippen LogP contribution >= 0.6 is 0 Å². The third-order valence-electron chi connectivity index (χ3n) is 4.68. The van der Waals surface area contributed by atoms with Crippen LogP contribution < -0.4 is 5.32 Å². The molecule has 1 N–H and O–H groups in total. The van der Waals surface area contributed by atoms with Crippen LogP contribution in [0, 0.1) is 0 Å². The monoisotopic (exact) mass is 405 g/mol. The first-order valence-corrected chi connectivity index (χ1v) is 9.60. The van der Waals surface area contributed by atoms with Crippen molar-refractivity contribution in [3.05, 3.63) is 83.9 Å². The van der Waals surface area contributed by atoms with Gasteiger partial charge in [0.25, 0.3) is 5.91 Å². The lowest BCUT2D eigenvalue weighted by Gasteiger charge is -2.16. The highest BCUT2D eigenvalue weighted by Crippen LogP contribution is 2.19. The highest BCUT2D eigenvalue weighted by Gasteiger charge is 2.22. The number of benzene rings is 3. The molecule has 1 amide bonds. The van der Waals surface area contributed by atoms with E-state index in [0.29, 0.717) is 0 Å². The second-order valence-electron chi connectivity index (χ2n) is 6.81. The van der Waals surface area contributed by atoms with E-state index >= 15 is 0 Å². The molecule has 3 aromatic carbocycles. The molecule has 0 radical (unpaired) electrons. The number of amides is 1. The summed E-state index contributed by atoms with van der Waals surface area (Å²) in [7, 11) is 1.26. The largest absolute Gasteiger partial charge is 0.467 e. The SMILES string of the molecule is COC(=O)[C@@H](Cc1ccccc1)NC(=O)COC(=O)Cc1cccc2ccccc12. The summed E-state index contributed by atoms with van der Waals surface area (Å²) in [4.78, 5) is 36.5. The Hall–Kier alpha value is -3.67. The van der Waals surface area contributed by atoms with Crippen molar-refractivity contribution in [1.29, 1.82) is 0 Å². The fourth-order valence-electron chi connectivity index (χ4n) is 3.22. The Bertz CT molecular complexity index is 1030. The summed E-state index contributed by atoms with van der Waals surface area (Å²) in [6, 6.07) is 21.9. The summed E-state index contributed by atoms with van der Waals surface area (Å²) in [5, 5.41) is 4.57. The molecule has 154 valence electrons. The van der Waals surface area contributed by atoms with Crippen LogP contribution in [0.25, 0.3) is 10.8 Å². The first kappa shape index (κ1) is 21.0. The highest BCUT2D eigenvalue weighted by molar-refractivity contribution is 5.90. The van der Waals surface area contributed by atoms with Crippen molar-refractivity contribution in [3.8, 4) is 0 Å². The van der Waals surface area contributed by atoms with E-state index in [0.717, 1.165) is 21.9 Å². The Labute approximate surface area is 174 Å². The number of hydrogen-bond acceptors (Lipinski definition) is 5. The van der Waals surface area contributed by atoms with Crippen LogP contribution in [0.2, 0.25) is 0 Å². The predicted octanol–water partition coefficient (Wildman–Crippen LogP) is 2.83. The number of carbonyl (C=O) groups is 3. The van der Waals surface area contributed by atoms with E-state index in [9.17, 15) is 14.4 Å². The van der Waals surface area contributed by atoms with Crippen molar-refractivity contribution in [3.63, 3.8) is 0 Å². The lowest BCUT2D eigenvalue weighted by Crippen LogP contribution is -2.44. The van der Waals surface area contributed by atoms with Gasteiger partial charge in [0.2, 0.25) is 0 Å². The smallest absolute Gasteiger partial charge is 0.328 e. The van der Waals surface area contributed by atoms with E-state index in [2.05, 4.69) is 5.32 Å². The normalized spacial score (nSPS) is 11.5. The Balaban J connectivity index is 1.55. The summed E-state index contributed by atoms with van der Waals surface area (Å²) < 4.78 is 9.89. The lowest BCUT2D eigenvalue weighted by atomic mass is 10.0. The average molecular weight is 405 g/mol. The summed E-state index contributed by atoms with van der Waals surface area (Å²) in [5.41, 5.74) is 1.70. The highest BCUT2D eigenvalue weighted by atomic mass is 16.5. The maximum atomic E-state index is 12.2. The van der Waals surface area contributed by atoms with Crippen molar-refractivity contribution < 1.29 is 23.9 Å². The van der Waals surface area contributed by atoms with E-state index < -0.39 is 30.5 Å². The quantitative estimate of drug-likeness (QED) is 0.583. The van der Waals surface area contributed by atoms with Crippen molar-refractivity contribution in [2.75, 3.05) is 13.7 Å². The van der Waals surface area contributed by atoms with Gasteiger partial charge in [-0.1, -0.05) is 72.8 Å². The van der Waals surface area contributed by atoms with Gasteiger partial charge in [0.05, 0.1) is 13.5 Å². The van der Waals surface area contributed by atoms with Gasteiger partial charge in [-0.05, 0) is 21.9 Å². The molecule has 0 aliphatic carbocycles. The average Bonchev–Trinajstić information content (AvgIpc) is 2.77. The molecule has 30 heavy (non-hydrogen) atoms. The Morgan fingerprint density at radius 3 is 2.37 bits per heavy atom. The zero-order chi connectivity index (χ0) is 21.3. The topological polar surface area (TPSA) is 81.7 Å². The van der Waals surface area contributed by atoms with E-state index in [1.807, 2.05) is 72.8 Å². The first-order chi connectivity index (χ1) is 14.6. The number of rotatable bonds is 8. The number of fused-ring (bicyclic) bond motifs is 1. The summed E-state index contributed by atoms with van der Waals surface area (Å²) >= 11 is 0. The molecule has 0 aromatic heterocycles. The number of hydrogen-bond donors (Lipinski definition) is 1. The van der Waals surface area contributed by atoms with Crippen molar-refractivity contribution in [1.82, 2.24) is 5.32 Å². The molecular formula is C24H23NO5. The number of ether oxygens (including phenoxy) is 2. The molecule has 0 spiro atoms. The van der Waals surface area contributed by atoms with Crippen LogP contribution in [0.1, 0.15) is 11.1 Å². The van der Waals surface area contributed by atoms with Crippen LogP contribution in [0.3, 0.4) is 0 Å². The second kappa shape index (κ2) is 10.2. The molecule has 3 rings (SSSR count).